The van der Waals surface area contributed by atoms with Crippen LogP contribution in [0.1, 0.15) is 20.7 Å². The Bertz CT molecular complexity index is 916. The van der Waals surface area contributed by atoms with Crippen LogP contribution in [0.25, 0.3) is 11.0 Å². The monoisotopic (exact) mass is 296 g/mol. The van der Waals surface area contributed by atoms with Gasteiger partial charge >= 0.3 is 0 Å². The third kappa shape index (κ3) is 1.65. The van der Waals surface area contributed by atoms with Gasteiger partial charge in [0.15, 0.2) is 5.78 Å². The minimum absolute atomic E-state index is 0.0126. The highest BCUT2D eigenvalue weighted by molar-refractivity contribution is 8.10. The van der Waals surface area contributed by atoms with Crippen LogP contribution in [-0.4, -0.2) is 11.6 Å². The summed E-state index contributed by atoms with van der Waals surface area (Å²) in [5, 5.41) is 0. The molecule has 0 fully saturated rings. The second-order valence-corrected chi connectivity index (χ2v) is 6.67. The molecule has 0 bridgehead atoms. The summed E-state index contributed by atoms with van der Waals surface area (Å²) in [7, 11) is 0. The van der Waals surface area contributed by atoms with Gasteiger partial charge in [-0.1, -0.05) is 30.0 Å². The van der Waals surface area contributed by atoms with Crippen LogP contribution in [0.2, 0.25) is 0 Å². The highest BCUT2D eigenvalue weighted by atomic mass is 32.2. The highest BCUT2D eigenvalue weighted by Gasteiger charge is 2.26. The fraction of sp³-hybridized carbons (Fsp3) is 0. The zero-order valence-corrected chi connectivity index (χ0v) is 11.9. The molecule has 0 saturated heterocycles. The summed E-state index contributed by atoms with van der Waals surface area (Å²) in [5.41, 5.74) is 1.46. The summed E-state index contributed by atoms with van der Waals surface area (Å²) in [6, 6.07) is 9.46. The van der Waals surface area contributed by atoms with Crippen molar-refractivity contribution in [3.05, 3.63) is 62.7 Å². The van der Waals surface area contributed by atoms with Gasteiger partial charge in [0.25, 0.3) is 0 Å². The van der Waals surface area contributed by atoms with Crippen LogP contribution in [0, 0.1) is 0 Å². The molecule has 20 heavy (non-hydrogen) atoms. The number of thioether (sulfide) groups is 1. The molecule has 0 amide bonds. The van der Waals surface area contributed by atoms with Gasteiger partial charge in [0.05, 0.1) is 4.91 Å². The predicted molar refractivity (Wildman–Crippen MR) is 81.5 cm³/mol. The Labute approximate surface area is 123 Å². The van der Waals surface area contributed by atoms with E-state index in [1.54, 1.807) is 12.2 Å². The second-order valence-electron chi connectivity index (χ2n) is 4.54. The van der Waals surface area contributed by atoms with Gasteiger partial charge in [0.2, 0.25) is 5.78 Å². The van der Waals surface area contributed by atoms with Gasteiger partial charge in [-0.05, 0) is 30.4 Å². The third-order valence-corrected chi connectivity index (χ3v) is 5.73. The summed E-state index contributed by atoms with van der Waals surface area (Å²) in [5.74, 6) is 0.0724. The average Bonchev–Trinajstić information content (AvgIpc) is 3.02. The van der Waals surface area contributed by atoms with Gasteiger partial charge in [-0.25, -0.2) is 0 Å². The number of rotatable bonds is 0. The van der Waals surface area contributed by atoms with Crippen molar-refractivity contribution < 1.29 is 9.59 Å². The quantitative estimate of drug-likeness (QED) is 0.748. The lowest BCUT2D eigenvalue weighted by Crippen LogP contribution is -2.09. The van der Waals surface area contributed by atoms with Crippen molar-refractivity contribution in [2.75, 3.05) is 0 Å². The fourth-order valence-electron chi connectivity index (χ4n) is 2.33. The van der Waals surface area contributed by atoms with Crippen molar-refractivity contribution in [3.8, 4) is 0 Å². The van der Waals surface area contributed by atoms with Crippen LogP contribution in [-0.2, 0) is 0 Å². The second kappa shape index (κ2) is 4.30. The first-order chi connectivity index (χ1) is 9.74. The lowest BCUT2D eigenvalue weighted by atomic mass is 10.1. The molecule has 0 N–H and O–H groups in total. The number of hydrogen-bond donors (Lipinski definition) is 0. The molecule has 96 valence electrons. The highest BCUT2D eigenvalue weighted by Crippen LogP contribution is 2.40. The molecule has 0 spiro atoms. The summed E-state index contributed by atoms with van der Waals surface area (Å²) < 4.78 is 1.82. The van der Waals surface area contributed by atoms with Gasteiger partial charge < -0.3 is 0 Å². The Balaban J connectivity index is 1.96. The molecular weight excluding hydrogens is 288 g/mol. The standard InChI is InChI=1S/C16H8O2S2/c17-11-5-3-7-13-10(11)8-14(19-13)16-15(18)9-4-1-2-6-12(9)20-16/h1-8H. The van der Waals surface area contributed by atoms with E-state index < -0.39 is 0 Å². The number of carbonyl (C=O) groups excluding carboxylic acids is 2. The van der Waals surface area contributed by atoms with E-state index in [-0.39, 0.29) is 11.6 Å². The number of fused-ring (bicyclic) bond motifs is 2. The Kier molecular flexibility index (Phi) is 2.55. The smallest absolute Gasteiger partial charge is 0.202 e. The largest absolute Gasteiger partial charge is 0.289 e. The normalized spacial score (nSPS) is 18.8. The van der Waals surface area contributed by atoms with Crippen LogP contribution in [0.5, 0.6) is 0 Å². The minimum Gasteiger partial charge on any atom is -0.289 e. The van der Waals surface area contributed by atoms with Crippen molar-refractivity contribution in [3.63, 3.8) is 0 Å². The number of allylic oxidation sites excluding steroid dienone is 2. The van der Waals surface area contributed by atoms with Crippen LogP contribution in [0.3, 0.4) is 0 Å². The zero-order valence-electron chi connectivity index (χ0n) is 10.3. The molecule has 2 heterocycles. The number of Topliss-reactive ketones (excluding diaryl/α,β-unsaturated/α-hetero) is 1. The number of benzene rings is 1. The third-order valence-electron chi connectivity index (χ3n) is 3.30. The summed E-state index contributed by atoms with van der Waals surface area (Å²) in [4.78, 5) is 26.0. The molecule has 1 aromatic carbocycles. The number of hydrogen-bond acceptors (Lipinski definition) is 4. The molecule has 4 rings (SSSR count). The van der Waals surface area contributed by atoms with E-state index in [9.17, 15) is 9.59 Å². The minimum atomic E-state index is 0.0126. The Morgan fingerprint density at radius 3 is 2.65 bits per heavy atom. The van der Waals surface area contributed by atoms with Gasteiger partial charge in [-0.3, -0.25) is 9.59 Å². The van der Waals surface area contributed by atoms with Gasteiger partial charge in [-0.2, -0.15) is 0 Å². The molecule has 0 radical (unpaired) electrons. The van der Waals surface area contributed by atoms with E-state index in [0.717, 1.165) is 24.4 Å². The van der Waals surface area contributed by atoms with E-state index in [0.29, 0.717) is 5.56 Å². The SMILES string of the molecule is O=C1C(=c2cc3c(s2)=CC=CC3=O)Sc2ccccc21. The fourth-order valence-corrected chi connectivity index (χ4v) is 4.59. The molecule has 4 heteroatoms. The maximum Gasteiger partial charge on any atom is 0.202 e. The van der Waals surface area contributed by atoms with Gasteiger partial charge in [0.1, 0.15) is 0 Å². The molecular formula is C16H8O2S2. The molecule has 0 atom stereocenters. The van der Waals surface area contributed by atoms with Crippen molar-refractivity contribution >= 4 is 45.6 Å². The van der Waals surface area contributed by atoms with E-state index in [1.807, 2.05) is 36.4 Å². The van der Waals surface area contributed by atoms with E-state index >= 15 is 0 Å². The Hall–Kier alpha value is -1.91. The van der Waals surface area contributed by atoms with Crippen molar-refractivity contribution in [2.45, 2.75) is 4.90 Å². The topological polar surface area (TPSA) is 34.1 Å². The molecule has 1 aliphatic carbocycles. The van der Waals surface area contributed by atoms with Crippen molar-refractivity contribution in [1.29, 1.82) is 0 Å². The summed E-state index contributed by atoms with van der Waals surface area (Å²) >= 11 is 3.00. The lowest BCUT2D eigenvalue weighted by molar-refractivity contribution is 0.104. The molecule has 2 aliphatic rings. The van der Waals surface area contributed by atoms with Crippen LogP contribution < -0.4 is 9.06 Å². The van der Waals surface area contributed by atoms with Crippen molar-refractivity contribution in [1.82, 2.24) is 0 Å². The molecule has 2 aromatic rings. The molecule has 0 unspecified atom stereocenters. The Morgan fingerprint density at radius 2 is 1.85 bits per heavy atom. The van der Waals surface area contributed by atoms with E-state index in [4.69, 9.17) is 0 Å². The predicted octanol–water partition coefficient (Wildman–Crippen LogP) is 2.38. The number of carbonyl (C=O) groups is 2. The lowest BCUT2D eigenvalue weighted by Gasteiger charge is -1.92. The molecule has 1 aromatic heterocycles. The summed E-state index contributed by atoms with van der Waals surface area (Å²) in [6.07, 6.45) is 5.23. The molecule has 1 aliphatic heterocycles. The summed E-state index contributed by atoms with van der Waals surface area (Å²) in [6.45, 7) is 0. The van der Waals surface area contributed by atoms with Crippen LogP contribution in [0.4, 0.5) is 0 Å². The molecule has 2 nitrogen and oxygen atoms in total. The maximum atomic E-state index is 12.4. The zero-order chi connectivity index (χ0) is 13.7. The first-order valence-electron chi connectivity index (χ1n) is 6.12. The Morgan fingerprint density at radius 1 is 1.00 bits per heavy atom. The van der Waals surface area contributed by atoms with Crippen molar-refractivity contribution in [2.24, 2.45) is 0 Å². The maximum absolute atomic E-state index is 12.4. The molecule has 0 saturated carbocycles. The van der Waals surface area contributed by atoms with Gasteiger partial charge in [0, 0.05) is 25.1 Å². The van der Waals surface area contributed by atoms with Crippen LogP contribution >= 0.6 is 23.1 Å². The first kappa shape index (κ1) is 11.9. The number of thiophene rings is 1. The van der Waals surface area contributed by atoms with Gasteiger partial charge in [-0.15, -0.1) is 11.3 Å². The van der Waals surface area contributed by atoms with E-state index in [1.165, 1.54) is 23.1 Å². The first-order valence-corrected chi connectivity index (χ1v) is 7.76. The van der Waals surface area contributed by atoms with Crippen LogP contribution in [0.15, 0.2) is 47.4 Å². The average molecular weight is 296 g/mol. The van der Waals surface area contributed by atoms with E-state index in [2.05, 4.69) is 0 Å². The number of ketones is 2.